The fraction of sp³-hybridized carbons (Fsp3) is 0.174. The number of aryl methyl sites for hydroxylation is 1. The normalized spacial score (nSPS) is 11.2. The minimum Gasteiger partial charge on any atom is -0.490 e. The Hall–Kier alpha value is -4.14. The Morgan fingerprint density at radius 3 is 2.44 bits per heavy atom. The molecule has 9 heteroatoms. The van der Waals surface area contributed by atoms with E-state index in [-0.39, 0.29) is 17.4 Å². The van der Waals surface area contributed by atoms with E-state index >= 15 is 0 Å². The molecule has 8 nitrogen and oxygen atoms in total. The number of rotatable bonds is 5. The van der Waals surface area contributed by atoms with Gasteiger partial charge in [0.05, 0.1) is 17.4 Å². The number of carbonyl (C=O) groups is 2. The van der Waals surface area contributed by atoms with E-state index in [9.17, 15) is 14.0 Å². The lowest BCUT2D eigenvalue weighted by molar-refractivity contribution is 0.0640. The average Bonchev–Trinajstić information content (AvgIpc) is 3.30. The van der Waals surface area contributed by atoms with E-state index in [1.54, 1.807) is 25.1 Å². The van der Waals surface area contributed by atoms with Gasteiger partial charge in [0.1, 0.15) is 28.5 Å². The fourth-order valence-corrected chi connectivity index (χ4v) is 3.31. The Bertz CT molecular complexity index is 1320. The topological polar surface area (TPSA) is 118 Å². The van der Waals surface area contributed by atoms with Crippen LogP contribution in [-0.2, 0) is 4.74 Å². The Labute approximate surface area is 181 Å². The number of aromatic nitrogens is 1. The first kappa shape index (κ1) is 21.1. The summed E-state index contributed by atoms with van der Waals surface area (Å²) in [7, 11) is 0. The molecule has 0 aliphatic carbocycles. The van der Waals surface area contributed by atoms with Gasteiger partial charge < -0.3 is 24.1 Å². The third kappa shape index (κ3) is 4.04. The zero-order chi connectivity index (χ0) is 23.0. The van der Waals surface area contributed by atoms with Crippen LogP contribution in [0.25, 0.3) is 33.6 Å². The molecule has 2 N–H and O–H groups in total. The van der Waals surface area contributed by atoms with Crippen molar-refractivity contribution < 1.29 is 32.4 Å². The summed E-state index contributed by atoms with van der Waals surface area (Å²) >= 11 is 0. The van der Waals surface area contributed by atoms with Crippen LogP contribution in [0.2, 0.25) is 0 Å². The Morgan fingerprint density at radius 1 is 1.12 bits per heavy atom. The van der Waals surface area contributed by atoms with Crippen molar-refractivity contribution in [3.8, 4) is 28.4 Å². The van der Waals surface area contributed by atoms with Gasteiger partial charge in [-0.15, -0.1) is 0 Å². The summed E-state index contributed by atoms with van der Waals surface area (Å²) < 4.78 is 35.4. The van der Waals surface area contributed by atoms with Crippen LogP contribution in [0.4, 0.5) is 9.18 Å². The molecule has 0 atom stereocenters. The Morgan fingerprint density at radius 2 is 1.84 bits per heavy atom. The number of ether oxygens (including phenoxy) is 2. The summed E-state index contributed by atoms with van der Waals surface area (Å²) in [6.07, 6.45) is -1.46. The molecule has 0 spiro atoms. The molecule has 0 unspecified atom stereocenters. The predicted octanol–water partition coefficient (Wildman–Crippen LogP) is 5.23. The van der Waals surface area contributed by atoms with Gasteiger partial charge in [0.15, 0.2) is 5.76 Å². The smallest absolute Gasteiger partial charge is 0.412 e. The number of furan rings is 1. The van der Waals surface area contributed by atoms with Crippen LogP contribution >= 0.6 is 0 Å². The van der Waals surface area contributed by atoms with Crippen molar-refractivity contribution in [2.45, 2.75) is 26.9 Å². The van der Waals surface area contributed by atoms with Gasteiger partial charge in [-0.05, 0) is 57.2 Å². The highest BCUT2D eigenvalue weighted by Gasteiger charge is 2.27. The van der Waals surface area contributed by atoms with E-state index in [2.05, 4.69) is 9.89 Å². The lowest BCUT2D eigenvalue weighted by Crippen LogP contribution is -2.18. The van der Waals surface area contributed by atoms with Crippen molar-refractivity contribution in [3.63, 3.8) is 0 Å². The van der Waals surface area contributed by atoms with E-state index < -0.39 is 17.9 Å². The number of fused-ring (bicyclic) bond motifs is 1. The molecule has 1 amide bonds. The summed E-state index contributed by atoms with van der Waals surface area (Å²) in [5.74, 6) is -0.520. The molecule has 4 aromatic rings. The number of halogens is 1. The maximum absolute atomic E-state index is 13.4. The van der Waals surface area contributed by atoms with Crippen LogP contribution in [0.5, 0.6) is 5.75 Å². The maximum Gasteiger partial charge on any atom is 0.412 e. The lowest BCUT2D eigenvalue weighted by atomic mass is 10.0. The first-order chi connectivity index (χ1) is 15.2. The van der Waals surface area contributed by atoms with Crippen LogP contribution in [0.1, 0.15) is 29.9 Å². The fourth-order valence-electron chi connectivity index (χ4n) is 3.31. The number of hydrogen-bond donors (Lipinski definition) is 1. The number of carbonyl (C=O) groups excluding carboxylic acids is 2. The molecule has 164 valence electrons. The van der Waals surface area contributed by atoms with E-state index in [1.165, 1.54) is 24.3 Å². The minimum absolute atomic E-state index is 0.0423. The van der Waals surface area contributed by atoms with Gasteiger partial charge >= 0.3 is 12.1 Å². The zero-order valence-electron chi connectivity index (χ0n) is 17.5. The summed E-state index contributed by atoms with van der Waals surface area (Å²) in [6, 6.07) is 10.3. The van der Waals surface area contributed by atoms with Crippen molar-refractivity contribution >= 4 is 23.0 Å². The van der Waals surface area contributed by atoms with Gasteiger partial charge in [-0.1, -0.05) is 5.16 Å². The Balaban J connectivity index is 1.99. The molecule has 32 heavy (non-hydrogen) atoms. The number of nitrogens with two attached hydrogens (primary N) is 1. The van der Waals surface area contributed by atoms with E-state index in [4.69, 9.17) is 19.4 Å². The van der Waals surface area contributed by atoms with E-state index in [1.807, 2.05) is 13.8 Å². The monoisotopic (exact) mass is 438 g/mol. The second-order valence-electron chi connectivity index (χ2n) is 7.37. The summed E-state index contributed by atoms with van der Waals surface area (Å²) in [6.45, 7) is 5.48. The number of benzene rings is 2. The lowest BCUT2D eigenvalue weighted by Gasteiger charge is -2.13. The molecule has 4 rings (SSSR count). The van der Waals surface area contributed by atoms with Crippen molar-refractivity contribution in [2.75, 3.05) is 0 Å². The highest BCUT2D eigenvalue weighted by molar-refractivity contribution is 6.12. The molecule has 2 aromatic carbocycles. The van der Waals surface area contributed by atoms with Gasteiger partial charge in [0.2, 0.25) is 0 Å². The number of amides is 1. The molecule has 0 aliphatic rings. The maximum atomic E-state index is 13.4. The minimum atomic E-state index is -1.26. The summed E-state index contributed by atoms with van der Waals surface area (Å²) in [4.78, 5) is 24.0. The van der Waals surface area contributed by atoms with Crippen LogP contribution in [0, 0.1) is 12.7 Å². The van der Waals surface area contributed by atoms with Gasteiger partial charge in [-0.2, -0.15) is 0 Å². The second kappa shape index (κ2) is 8.18. The number of nitrogens with zero attached hydrogens (tertiary/aromatic N) is 1. The first-order valence-electron chi connectivity index (χ1n) is 9.71. The van der Waals surface area contributed by atoms with Crippen LogP contribution in [0.3, 0.4) is 0 Å². The van der Waals surface area contributed by atoms with E-state index in [0.29, 0.717) is 39.3 Å². The van der Waals surface area contributed by atoms with Crippen molar-refractivity contribution in [2.24, 2.45) is 5.73 Å². The summed E-state index contributed by atoms with van der Waals surface area (Å²) in [5.41, 5.74) is 6.93. The van der Waals surface area contributed by atoms with Crippen LogP contribution in [-0.4, -0.2) is 23.3 Å². The van der Waals surface area contributed by atoms with E-state index in [0.717, 1.165) is 0 Å². The molecule has 2 heterocycles. The second-order valence-corrected chi connectivity index (χ2v) is 7.37. The predicted molar refractivity (Wildman–Crippen MR) is 113 cm³/mol. The van der Waals surface area contributed by atoms with Gasteiger partial charge in [0.25, 0.3) is 0 Å². The third-order valence-corrected chi connectivity index (χ3v) is 4.55. The Kier molecular flexibility index (Phi) is 5.40. The van der Waals surface area contributed by atoms with Crippen LogP contribution < -0.4 is 10.5 Å². The van der Waals surface area contributed by atoms with Crippen molar-refractivity contribution in [1.82, 2.24) is 5.16 Å². The molecule has 0 radical (unpaired) electrons. The third-order valence-electron chi connectivity index (χ3n) is 4.55. The SMILES string of the molecule is Cc1cc(-c2cc3oc(-c4ccc(F)cc4)c(C(=O)OC(N)=O)c3cc2OC(C)C)on1. The van der Waals surface area contributed by atoms with Crippen LogP contribution in [0.15, 0.2) is 51.4 Å². The number of hydrogen-bond acceptors (Lipinski definition) is 7. The molecule has 0 saturated carbocycles. The molecule has 0 saturated heterocycles. The van der Waals surface area contributed by atoms with Gasteiger partial charge in [-0.3, -0.25) is 0 Å². The molecule has 0 aliphatic heterocycles. The zero-order valence-corrected chi connectivity index (χ0v) is 17.5. The average molecular weight is 438 g/mol. The molecule has 2 aromatic heterocycles. The van der Waals surface area contributed by atoms with Crippen molar-refractivity contribution in [3.05, 3.63) is 59.5 Å². The molecular weight excluding hydrogens is 419 g/mol. The quantitative estimate of drug-likeness (QED) is 0.335. The molecule has 0 bridgehead atoms. The molecule has 0 fully saturated rings. The van der Waals surface area contributed by atoms with Crippen molar-refractivity contribution in [1.29, 1.82) is 0 Å². The largest absolute Gasteiger partial charge is 0.490 e. The van der Waals surface area contributed by atoms with Gasteiger partial charge in [-0.25, -0.2) is 14.0 Å². The first-order valence-corrected chi connectivity index (χ1v) is 9.71. The summed E-state index contributed by atoms with van der Waals surface area (Å²) in [5, 5.41) is 4.24. The number of primary amides is 1. The number of esters is 1. The van der Waals surface area contributed by atoms with Gasteiger partial charge in [0, 0.05) is 17.0 Å². The highest BCUT2D eigenvalue weighted by atomic mass is 19.1. The highest BCUT2D eigenvalue weighted by Crippen LogP contribution is 2.41. The standard InChI is InChI=1S/C23H19FN2O6/c1-11(2)29-17-10-16-18(9-15(17)19-8-12(3)26-32-19)30-21(13-4-6-14(24)7-5-13)20(16)22(27)31-23(25)28/h4-11H,1-3H3,(H2,25,28). The molecular formula is C23H19FN2O6.